The average Bonchev–Trinajstić information content (AvgIpc) is 3.11. The number of rotatable bonds is 28. The normalized spacial score (nSPS) is 21.0. The van der Waals surface area contributed by atoms with Gasteiger partial charge in [-0.05, 0) is 177 Å². The van der Waals surface area contributed by atoms with Crippen molar-refractivity contribution in [1.29, 1.82) is 0 Å². The Kier molecular flexibility index (Phi) is 23.9. The van der Waals surface area contributed by atoms with Crippen molar-refractivity contribution in [3.63, 3.8) is 0 Å². The molecule has 2 fully saturated rings. The molecular formula is C51H105N3O12Si6. The van der Waals surface area contributed by atoms with Gasteiger partial charge in [0.15, 0.2) is 33.3 Å². The lowest BCUT2D eigenvalue weighted by Gasteiger charge is -2.46. The van der Waals surface area contributed by atoms with E-state index < -0.39 is 80.1 Å². The molecule has 2 unspecified atom stereocenters. The van der Waals surface area contributed by atoms with Crippen LogP contribution in [-0.2, 0) is 40.2 Å². The second kappa shape index (κ2) is 26.0. The molecule has 72 heavy (non-hydrogen) atoms. The van der Waals surface area contributed by atoms with E-state index in [-0.39, 0.29) is 60.2 Å². The van der Waals surface area contributed by atoms with E-state index in [2.05, 4.69) is 163 Å². The van der Waals surface area contributed by atoms with Gasteiger partial charge in [-0.25, -0.2) is 19.2 Å². The Labute approximate surface area is 444 Å². The predicted octanol–water partition coefficient (Wildman–Crippen LogP) is 13.2. The summed E-state index contributed by atoms with van der Waals surface area (Å²) >= 11 is 0. The van der Waals surface area contributed by atoms with E-state index in [4.69, 9.17) is 35.4 Å². The summed E-state index contributed by atoms with van der Waals surface area (Å²) in [5, 5.41) is 9.35. The monoisotopic (exact) mass is 1120 g/mol. The predicted molar refractivity (Wildman–Crippen MR) is 306 cm³/mol. The molecular weight excluding hydrogens is 1020 g/mol. The molecule has 420 valence electrons. The molecule has 2 atom stereocenters. The summed E-state index contributed by atoms with van der Waals surface area (Å²) in [6.45, 7) is 50.1. The molecule has 0 aliphatic heterocycles. The summed E-state index contributed by atoms with van der Waals surface area (Å²) in [5.41, 5.74) is -1.15. The molecule has 0 aromatic heterocycles. The summed E-state index contributed by atoms with van der Waals surface area (Å²) < 4.78 is 50.7. The highest BCUT2D eigenvalue weighted by molar-refractivity contribution is 6.88. The van der Waals surface area contributed by atoms with Gasteiger partial charge in [-0.1, -0.05) is 67.9 Å². The van der Waals surface area contributed by atoms with Crippen molar-refractivity contribution in [3.8, 4) is 0 Å². The van der Waals surface area contributed by atoms with Crippen LogP contribution in [-0.4, -0.2) is 120 Å². The van der Waals surface area contributed by atoms with Crippen molar-refractivity contribution in [3.05, 3.63) is 12.7 Å². The molecule has 0 bridgehead atoms. The van der Waals surface area contributed by atoms with Crippen molar-refractivity contribution in [2.45, 2.75) is 229 Å². The fourth-order valence-electron chi connectivity index (χ4n) is 12.2. The zero-order valence-electron chi connectivity index (χ0n) is 49.4. The van der Waals surface area contributed by atoms with E-state index in [0.717, 1.165) is 63.1 Å². The van der Waals surface area contributed by atoms with Crippen molar-refractivity contribution < 1.29 is 54.6 Å². The minimum Gasteiger partial charge on any atom is -0.459 e. The number of amides is 3. The number of ether oxygens (including phenoxy) is 4. The quantitative estimate of drug-likeness (QED) is 0.0222. The second-order valence-electron chi connectivity index (χ2n) is 28.5. The van der Waals surface area contributed by atoms with Crippen LogP contribution in [0.15, 0.2) is 12.7 Å². The van der Waals surface area contributed by atoms with Crippen LogP contribution in [0.5, 0.6) is 0 Å². The van der Waals surface area contributed by atoms with Crippen LogP contribution in [0.2, 0.25) is 104 Å². The Morgan fingerprint density at radius 2 is 0.889 bits per heavy atom. The first-order valence-electron chi connectivity index (χ1n) is 26.7. The lowest BCUT2D eigenvalue weighted by atomic mass is 9.62. The Hall–Kier alpha value is -1.84. The molecule has 0 saturated heterocycles. The number of hydrogen-bond donors (Lipinski definition) is 3. The molecule has 0 radical (unpaired) electrons. The van der Waals surface area contributed by atoms with Gasteiger partial charge in [0.25, 0.3) is 0 Å². The molecule has 2 aliphatic carbocycles. The van der Waals surface area contributed by atoms with Crippen molar-refractivity contribution >= 4 is 74.6 Å². The highest BCUT2D eigenvalue weighted by Crippen LogP contribution is 2.47. The molecule has 3 N–H and O–H groups in total. The molecule has 0 aromatic rings. The fraction of sp³-hybridized carbons (Fsp3) is 0.882. The maximum absolute atomic E-state index is 14.1. The van der Waals surface area contributed by atoms with E-state index >= 15 is 0 Å². The van der Waals surface area contributed by atoms with Gasteiger partial charge in [0.2, 0.25) is 0 Å². The topological polar surface area (TPSA) is 178 Å². The first kappa shape index (κ1) is 66.3. The molecule has 15 nitrogen and oxygen atoms in total. The minimum absolute atomic E-state index is 0.0264. The molecule has 2 saturated carbocycles. The van der Waals surface area contributed by atoms with Gasteiger partial charge in [-0.15, -0.1) is 0 Å². The zero-order chi connectivity index (χ0) is 55.5. The van der Waals surface area contributed by atoms with E-state index in [1.165, 1.54) is 0 Å². The zero-order valence-corrected chi connectivity index (χ0v) is 55.4. The van der Waals surface area contributed by atoms with Crippen LogP contribution in [0.25, 0.3) is 0 Å². The van der Waals surface area contributed by atoms with Gasteiger partial charge in [-0.3, -0.25) is 0 Å². The highest BCUT2D eigenvalue weighted by Gasteiger charge is 2.46. The van der Waals surface area contributed by atoms with E-state index in [1.807, 2.05) is 0 Å². The highest BCUT2D eigenvalue weighted by atomic mass is 28.5. The number of nitrogens with one attached hydrogen (secondary N) is 3. The number of alkyl carbamates (subject to hydrolysis) is 3. The molecule has 0 heterocycles. The number of esters is 1. The largest absolute Gasteiger partial charge is 0.459 e. The second-order valence-corrected chi connectivity index (χ2v) is 54.2. The van der Waals surface area contributed by atoms with E-state index in [0.29, 0.717) is 25.8 Å². The van der Waals surface area contributed by atoms with Gasteiger partial charge in [0.1, 0.15) is 26.4 Å². The average molecular weight is 1120 g/mol. The van der Waals surface area contributed by atoms with E-state index in [1.54, 1.807) is 0 Å². The van der Waals surface area contributed by atoms with Gasteiger partial charge in [0.05, 0.1) is 0 Å². The van der Waals surface area contributed by atoms with E-state index in [9.17, 15) is 19.2 Å². The summed E-state index contributed by atoms with van der Waals surface area (Å²) in [5.74, 6) is -0.584. The first-order chi connectivity index (χ1) is 32.4. The maximum atomic E-state index is 14.1. The van der Waals surface area contributed by atoms with Crippen molar-refractivity contribution in [2.24, 2.45) is 27.1 Å². The first-order valence-corrected chi connectivity index (χ1v) is 45.4. The number of hydrogen-bond acceptors (Lipinski definition) is 12. The van der Waals surface area contributed by atoms with Crippen LogP contribution >= 0.6 is 0 Å². The van der Waals surface area contributed by atoms with Crippen LogP contribution < -0.4 is 16.0 Å². The third-order valence-electron chi connectivity index (χ3n) is 12.8. The van der Waals surface area contributed by atoms with Gasteiger partial charge >= 0.3 is 41.4 Å². The Balaban J connectivity index is 2.51. The molecule has 2 aliphatic rings. The van der Waals surface area contributed by atoms with Gasteiger partial charge in [-0.2, -0.15) is 0 Å². The lowest BCUT2D eigenvalue weighted by molar-refractivity contribution is -0.138. The third-order valence-corrected chi connectivity index (χ3v) is 32.0. The third kappa shape index (κ3) is 27.8. The van der Waals surface area contributed by atoms with Crippen LogP contribution in [0, 0.1) is 27.1 Å². The Bertz CT molecular complexity index is 1700. The summed E-state index contributed by atoms with van der Waals surface area (Å²) in [6, 6.07) is 1.26. The summed E-state index contributed by atoms with van der Waals surface area (Å²) in [6.07, 6.45) is 7.06. The van der Waals surface area contributed by atoms with Crippen molar-refractivity contribution in [2.75, 3.05) is 33.0 Å². The summed E-state index contributed by atoms with van der Waals surface area (Å²) in [7, 11) is -13.3. The molecule has 3 amide bonds. The molecule has 0 aromatic carbocycles. The Morgan fingerprint density at radius 3 is 1.29 bits per heavy atom. The molecule has 21 heteroatoms. The van der Waals surface area contributed by atoms with Crippen LogP contribution in [0.1, 0.15) is 113 Å². The molecule has 2 rings (SSSR count). The van der Waals surface area contributed by atoms with Gasteiger partial charge in [0, 0.05) is 30.1 Å². The molecule has 0 spiro atoms. The van der Waals surface area contributed by atoms with Crippen molar-refractivity contribution in [1.82, 2.24) is 16.0 Å². The SMILES string of the molecule is C=CC(=O)OCCOC(=O)NC1CC(C)(C)CC(C)(CNC(=O)OCC(CCC[Si](C)(O[Si](C)(C)C)O[Si](C)(C)C)(CCC[Si](C)(O[Si](C)(C)C)O[Si](C)(C)C)COC(=O)NC2CC(C)(C)CC(C)(C)C2)C1. The lowest BCUT2D eigenvalue weighted by Crippen LogP contribution is -2.53. The fourth-order valence-corrected chi connectivity index (χ4v) is 37.3. The van der Waals surface area contributed by atoms with Crippen LogP contribution in [0.3, 0.4) is 0 Å². The van der Waals surface area contributed by atoms with Crippen LogP contribution in [0.4, 0.5) is 14.4 Å². The minimum atomic E-state index is -2.66. The smallest absolute Gasteiger partial charge is 0.407 e. The maximum Gasteiger partial charge on any atom is 0.407 e. The Morgan fingerprint density at radius 1 is 0.528 bits per heavy atom. The summed E-state index contributed by atoms with van der Waals surface area (Å²) in [4.78, 5) is 52.3. The number of carbonyl (C=O) groups excluding carboxylic acids is 4. The standard InChI is InChI=1S/C51H105N3O12Si6/c1-23-43(55)59-28-29-60-45(57)54-42-34-49(6,7)37-50(8,35-42)38-52-44(56)61-39-51(26-24-30-71(21,63-67(9,10)11)64-68(12,13)14,27-25-31-72(22,65-69(15,16)17)66-70(18,19)20)40-62-46(58)53-41-32-47(2,3)36-48(4,5)33-41/h23,41-42H,1,24-40H2,2-22H3,(H,52,56)(H,53,58)(H,54,57). The number of carbonyl (C=O) groups is 4. The van der Waals surface area contributed by atoms with Gasteiger partial charge < -0.3 is 51.4 Å².